The fourth-order valence-corrected chi connectivity index (χ4v) is 1.99. The number of hydrogen-bond acceptors (Lipinski definition) is 2. The topological polar surface area (TPSA) is 37.4 Å². The Morgan fingerprint density at radius 3 is 2.57 bits per heavy atom. The number of ketones is 1. The summed E-state index contributed by atoms with van der Waals surface area (Å²) < 4.78 is 0. The lowest BCUT2D eigenvalue weighted by Gasteiger charge is -2.29. The molecule has 1 amide bonds. The Hall–Kier alpha value is -0.860. The van der Waals surface area contributed by atoms with Gasteiger partial charge in [-0.15, -0.1) is 0 Å². The molecule has 3 nitrogen and oxygen atoms in total. The van der Waals surface area contributed by atoms with Crippen LogP contribution in [-0.2, 0) is 9.59 Å². The van der Waals surface area contributed by atoms with Crippen LogP contribution in [0.4, 0.5) is 0 Å². The summed E-state index contributed by atoms with van der Waals surface area (Å²) in [6, 6.07) is 0. The zero-order valence-corrected chi connectivity index (χ0v) is 8.87. The Morgan fingerprint density at radius 1 is 1.43 bits per heavy atom. The molecule has 1 aliphatic heterocycles. The van der Waals surface area contributed by atoms with Crippen LogP contribution >= 0.6 is 0 Å². The maximum atomic E-state index is 10.7. The van der Waals surface area contributed by atoms with Crippen LogP contribution in [-0.4, -0.2) is 30.2 Å². The van der Waals surface area contributed by atoms with Gasteiger partial charge < -0.3 is 9.69 Å². The van der Waals surface area contributed by atoms with Crippen molar-refractivity contribution in [3.05, 3.63) is 0 Å². The monoisotopic (exact) mass is 197 g/mol. The summed E-state index contributed by atoms with van der Waals surface area (Å²) >= 11 is 0. The van der Waals surface area contributed by atoms with E-state index in [1.54, 1.807) is 6.92 Å². The van der Waals surface area contributed by atoms with Crippen LogP contribution in [0.2, 0.25) is 0 Å². The molecule has 1 aliphatic rings. The van der Waals surface area contributed by atoms with Crippen molar-refractivity contribution in [1.29, 1.82) is 0 Å². The van der Waals surface area contributed by atoms with E-state index in [0.29, 0.717) is 6.42 Å². The van der Waals surface area contributed by atoms with E-state index in [9.17, 15) is 9.59 Å². The Morgan fingerprint density at radius 2 is 2.07 bits per heavy atom. The number of Topliss-reactive ketones (excluding diaryl/α,β-unsaturated/α-hetero) is 1. The number of hydrogen-bond donors (Lipinski definition) is 0. The van der Waals surface area contributed by atoms with Crippen molar-refractivity contribution in [1.82, 2.24) is 4.90 Å². The van der Waals surface area contributed by atoms with E-state index in [0.717, 1.165) is 51.1 Å². The minimum absolute atomic E-state index is 0.287. The standard InChI is InChI=1S/C11H19NO2/c1-10(14)3-2-4-11-5-7-12(9-13)8-6-11/h9,11H,2-8H2,1H3. The predicted molar refractivity (Wildman–Crippen MR) is 54.9 cm³/mol. The first-order chi connectivity index (χ1) is 6.72. The van der Waals surface area contributed by atoms with Crippen LogP contribution < -0.4 is 0 Å². The summed E-state index contributed by atoms with van der Waals surface area (Å²) in [5.41, 5.74) is 0. The molecule has 0 radical (unpaired) electrons. The van der Waals surface area contributed by atoms with Gasteiger partial charge in [0, 0.05) is 19.5 Å². The van der Waals surface area contributed by atoms with E-state index in [2.05, 4.69) is 0 Å². The molecule has 0 bridgehead atoms. The maximum absolute atomic E-state index is 10.7. The Bertz CT molecular complexity index is 195. The molecule has 1 heterocycles. The Labute approximate surface area is 85.5 Å². The molecule has 0 N–H and O–H groups in total. The minimum Gasteiger partial charge on any atom is -0.345 e. The molecule has 0 aromatic carbocycles. The Kier molecular flexibility index (Phi) is 4.63. The van der Waals surface area contributed by atoms with Crippen LogP contribution in [0.3, 0.4) is 0 Å². The van der Waals surface area contributed by atoms with E-state index < -0.39 is 0 Å². The number of piperidine rings is 1. The average Bonchev–Trinajstić information content (AvgIpc) is 2.18. The van der Waals surface area contributed by atoms with Gasteiger partial charge in [-0.05, 0) is 38.5 Å². The minimum atomic E-state index is 0.287. The first-order valence-electron chi connectivity index (χ1n) is 5.41. The summed E-state index contributed by atoms with van der Waals surface area (Å²) in [6.07, 6.45) is 6.03. The number of rotatable bonds is 5. The number of carbonyl (C=O) groups excluding carboxylic acids is 2. The third kappa shape index (κ3) is 3.90. The lowest BCUT2D eigenvalue weighted by Crippen LogP contribution is -2.32. The first kappa shape index (κ1) is 11.2. The molecule has 0 aromatic heterocycles. The van der Waals surface area contributed by atoms with Crippen molar-refractivity contribution in [3.63, 3.8) is 0 Å². The van der Waals surface area contributed by atoms with Gasteiger partial charge in [0.2, 0.25) is 6.41 Å². The van der Waals surface area contributed by atoms with Crippen LogP contribution in [0.5, 0.6) is 0 Å². The molecule has 0 aliphatic carbocycles. The molecule has 14 heavy (non-hydrogen) atoms. The summed E-state index contributed by atoms with van der Waals surface area (Å²) in [6.45, 7) is 3.44. The van der Waals surface area contributed by atoms with Crippen molar-refractivity contribution >= 4 is 12.2 Å². The molecule has 80 valence electrons. The van der Waals surface area contributed by atoms with E-state index >= 15 is 0 Å². The quantitative estimate of drug-likeness (QED) is 0.628. The highest BCUT2D eigenvalue weighted by molar-refractivity contribution is 5.75. The smallest absolute Gasteiger partial charge is 0.209 e. The number of likely N-dealkylation sites (tertiary alicyclic amines) is 1. The normalized spacial score (nSPS) is 18.2. The Balaban J connectivity index is 2.10. The number of amides is 1. The van der Waals surface area contributed by atoms with Crippen molar-refractivity contribution in [2.75, 3.05) is 13.1 Å². The van der Waals surface area contributed by atoms with E-state index in [-0.39, 0.29) is 5.78 Å². The largest absolute Gasteiger partial charge is 0.345 e. The first-order valence-corrected chi connectivity index (χ1v) is 5.41. The third-order valence-electron chi connectivity index (χ3n) is 2.94. The number of nitrogens with zero attached hydrogens (tertiary/aromatic N) is 1. The summed E-state index contributed by atoms with van der Waals surface area (Å²) in [5, 5.41) is 0. The van der Waals surface area contributed by atoms with Gasteiger partial charge in [0.25, 0.3) is 0 Å². The zero-order valence-electron chi connectivity index (χ0n) is 8.87. The van der Waals surface area contributed by atoms with Crippen LogP contribution in [0.15, 0.2) is 0 Å². The summed E-state index contributed by atoms with van der Waals surface area (Å²) in [4.78, 5) is 23.0. The molecular weight excluding hydrogens is 178 g/mol. The molecule has 1 saturated heterocycles. The lowest BCUT2D eigenvalue weighted by atomic mass is 9.91. The van der Waals surface area contributed by atoms with E-state index in [1.165, 1.54) is 0 Å². The third-order valence-corrected chi connectivity index (χ3v) is 2.94. The van der Waals surface area contributed by atoms with Crippen molar-refractivity contribution < 1.29 is 9.59 Å². The molecule has 3 heteroatoms. The van der Waals surface area contributed by atoms with Gasteiger partial charge in [0.05, 0.1) is 0 Å². The van der Waals surface area contributed by atoms with Gasteiger partial charge in [-0.2, -0.15) is 0 Å². The second-order valence-corrected chi connectivity index (χ2v) is 4.18. The fraction of sp³-hybridized carbons (Fsp3) is 0.818. The highest BCUT2D eigenvalue weighted by atomic mass is 16.1. The second kappa shape index (κ2) is 5.78. The zero-order chi connectivity index (χ0) is 10.4. The van der Waals surface area contributed by atoms with Gasteiger partial charge in [-0.1, -0.05) is 0 Å². The van der Waals surface area contributed by atoms with Crippen LogP contribution in [0.1, 0.15) is 39.0 Å². The van der Waals surface area contributed by atoms with Crippen LogP contribution in [0.25, 0.3) is 0 Å². The van der Waals surface area contributed by atoms with Gasteiger partial charge >= 0.3 is 0 Å². The molecule has 1 rings (SSSR count). The molecule has 0 saturated carbocycles. The molecule has 1 fully saturated rings. The molecule has 0 atom stereocenters. The van der Waals surface area contributed by atoms with Gasteiger partial charge in [0.1, 0.15) is 5.78 Å². The highest BCUT2D eigenvalue weighted by Gasteiger charge is 2.17. The predicted octanol–water partition coefficient (Wildman–Crippen LogP) is 1.61. The summed E-state index contributed by atoms with van der Waals surface area (Å²) in [7, 11) is 0. The SMILES string of the molecule is CC(=O)CCCC1CCN(C=O)CC1. The second-order valence-electron chi connectivity index (χ2n) is 4.18. The summed E-state index contributed by atoms with van der Waals surface area (Å²) in [5.74, 6) is 1.01. The highest BCUT2D eigenvalue weighted by Crippen LogP contribution is 2.21. The van der Waals surface area contributed by atoms with Crippen molar-refractivity contribution in [2.24, 2.45) is 5.92 Å². The number of carbonyl (C=O) groups is 2. The molecule has 0 aromatic rings. The molecule has 0 spiro atoms. The average molecular weight is 197 g/mol. The fourth-order valence-electron chi connectivity index (χ4n) is 1.99. The lowest BCUT2D eigenvalue weighted by molar-refractivity contribution is -0.119. The molecular formula is C11H19NO2. The maximum Gasteiger partial charge on any atom is 0.209 e. The molecule has 0 unspecified atom stereocenters. The van der Waals surface area contributed by atoms with Crippen molar-refractivity contribution in [2.45, 2.75) is 39.0 Å². The van der Waals surface area contributed by atoms with Gasteiger partial charge in [-0.3, -0.25) is 4.79 Å². The van der Waals surface area contributed by atoms with E-state index in [1.807, 2.05) is 4.90 Å². The van der Waals surface area contributed by atoms with Crippen molar-refractivity contribution in [3.8, 4) is 0 Å². The van der Waals surface area contributed by atoms with E-state index in [4.69, 9.17) is 0 Å². The van der Waals surface area contributed by atoms with Gasteiger partial charge in [0.15, 0.2) is 0 Å². The van der Waals surface area contributed by atoms with Gasteiger partial charge in [-0.25, -0.2) is 0 Å². The van der Waals surface area contributed by atoms with Crippen LogP contribution in [0, 0.1) is 5.92 Å².